The zero-order chi connectivity index (χ0) is 21.8. The molecule has 0 unspecified atom stereocenters. The molecule has 1 aromatic heterocycles. The number of methoxy groups -OCH3 is 1. The lowest BCUT2D eigenvalue weighted by Gasteiger charge is -2.24. The van der Waals surface area contributed by atoms with Gasteiger partial charge in [-0.2, -0.15) is 0 Å². The summed E-state index contributed by atoms with van der Waals surface area (Å²) in [6.07, 6.45) is 0.245. The first-order valence-electron chi connectivity index (χ1n) is 10.1. The highest BCUT2D eigenvalue weighted by Gasteiger charge is 2.34. The van der Waals surface area contributed by atoms with Crippen molar-refractivity contribution >= 4 is 23.5 Å². The van der Waals surface area contributed by atoms with Gasteiger partial charge in [-0.05, 0) is 38.0 Å². The summed E-state index contributed by atoms with van der Waals surface area (Å²) in [5, 5.41) is 6.17. The molecule has 1 aromatic carbocycles. The zero-order valence-corrected chi connectivity index (χ0v) is 18.1. The molecule has 0 radical (unpaired) electrons. The van der Waals surface area contributed by atoms with E-state index in [0.717, 1.165) is 11.4 Å². The van der Waals surface area contributed by atoms with Crippen molar-refractivity contribution in [2.75, 3.05) is 23.9 Å². The third kappa shape index (κ3) is 4.87. The Morgan fingerprint density at radius 1 is 1.20 bits per heavy atom. The van der Waals surface area contributed by atoms with E-state index in [-0.39, 0.29) is 30.2 Å². The lowest BCUT2D eigenvalue weighted by molar-refractivity contribution is -0.123. The van der Waals surface area contributed by atoms with Crippen molar-refractivity contribution in [3.8, 4) is 5.75 Å². The number of rotatable bonds is 7. The quantitative estimate of drug-likeness (QED) is 0.727. The number of anilines is 2. The van der Waals surface area contributed by atoms with Gasteiger partial charge >= 0.3 is 0 Å². The van der Waals surface area contributed by atoms with Crippen LogP contribution in [0.25, 0.3) is 0 Å². The van der Waals surface area contributed by atoms with Crippen LogP contribution in [0.1, 0.15) is 31.7 Å². The van der Waals surface area contributed by atoms with Gasteiger partial charge in [-0.1, -0.05) is 26.0 Å². The van der Waals surface area contributed by atoms with Gasteiger partial charge in [0.15, 0.2) is 0 Å². The minimum atomic E-state index is -0.512. The zero-order valence-electron chi connectivity index (χ0n) is 18.1. The van der Waals surface area contributed by atoms with E-state index >= 15 is 0 Å². The summed E-state index contributed by atoms with van der Waals surface area (Å²) in [6.45, 7) is 8.10. The molecule has 1 fully saturated rings. The largest absolute Gasteiger partial charge is 0.495 e. The lowest BCUT2D eigenvalue weighted by atomic mass is 10.0. The Hall–Kier alpha value is -3.16. The van der Waals surface area contributed by atoms with E-state index in [9.17, 15) is 9.59 Å². The standard InChI is InChI=1S/C22H29N5O3/c1-13(2)20(26-22-23-14(3)10-15(4)24-22)21(29)25-16-11-19(28)27(12-16)17-8-6-7-9-18(17)30-5/h6-10,13,16,20H,11-12H2,1-5H3,(H,25,29)(H,23,24,26)/t16-,20-/m1/s1. The summed E-state index contributed by atoms with van der Waals surface area (Å²) < 4.78 is 5.37. The smallest absolute Gasteiger partial charge is 0.243 e. The molecule has 8 nitrogen and oxygen atoms in total. The molecule has 3 rings (SSSR count). The van der Waals surface area contributed by atoms with E-state index in [0.29, 0.717) is 23.9 Å². The van der Waals surface area contributed by atoms with Crippen molar-refractivity contribution in [3.63, 3.8) is 0 Å². The second-order valence-electron chi connectivity index (χ2n) is 7.93. The van der Waals surface area contributed by atoms with E-state index in [2.05, 4.69) is 20.6 Å². The molecule has 1 aliphatic rings. The number of aryl methyl sites for hydroxylation is 2. The van der Waals surface area contributed by atoms with Crippen molar-refractivity contribution in [2.24, 2.45) is 5.92 Å². The molecular weight excluding hydrogens is 382 g/mol. The van der Waals surface area contributed by atoms with Gasteiger partial charge in [-0.15, -0.1) is 0 Å². The van der Waals surface area contributed by atoms with Crippen LogP contribution in [0.2, 0.25) is 0 Å². The maximum Gasteiger partial charge on any atom is 0.243 e. The Morgan fingerprint density at radius 2 is 1.87 bits per heavy atom. The highest BCUT2D eigenvalue weighted by Crippen LogP contribution is 2.31. The van der Waals surface area contributed by atoms with Crippen molar-refractivity contribution in [1.82, 2.24) is 15.3 Å². The molecular formula is C22H29N5O3. The first-order valence-corrected chi connectivity index (χ1v) is 10.1. The Morgan fingerprint density at radius 3 is 2.50 bits per heavy atom. The minimum absolute atomic E-state index is 0.0110. The average Bonchev–Trinajstić information content (AvgIpc) is 3.04. The number of carbonyl (C=O) groups excluding carboxylic acids is 2. The number of hydrogen-bond donors (Lipinski definition) is 2. The van der Waals surface area contributed by atoms with Gasteiger partial charge < -0.3 is 20.3 Å². The molecule has 0 saturated carbocycles. The van der Waals surface area contributed by atoms with Crippen LogP contribution >= 0.6 is 0 Å². The topological polar surface area (TPSA) is 96.5 Å². The van der Waals surface area contributed by atoms with Gasteiger partial charge in [0.2, 0.25) is 17.8 Å². The average molecular weight is 412 g/mol. The highest BCUT2D eigenvalue weighted by atomic mass is 16.5. The Bertz CT molecular complexity index is 910. The fourth-order valence-corrected chi connectivity index (χ4v) is 3.65. The lowest BCUT2D eigenvalue weighted by Crippen LogP contribution is -2.48. The first kappa shape index (κ1) is 21.5. The second kappa shape index (κ2) is 9.11. The molecule has 30 heavy (non-hydrogen) atoms. The SMILES string of the molecule is COc1ccccc1N1C[C@H](NC(=O)[C@H](Nc2nc(C)cc(C)n2)C(C)C)CC1=O. The van der Waals surface area contributed by atoms with Crippen LogP contribution in [-0.2, 0) is 9.59 Å². The van der Waals surface area contributed by atoms with Gasteiger partial charge in [0.05, 0.1) is 18.8 Å². The number of aromatic nitrogens is 2. The molecule has 0 spiro atoms. The van der Waals surface area contributed by atoms with Gasteiger partial charge in [0.25, 0.3) is 0 Å². The Kier molecular flexibility index (Phi) is 6.54. The van der Waals surface area contributed by atoms with Crippen molar-refractivity contribution in [2.45, 2.75) is 46.2 Å². The van der Waals surface area contributed by atoms with Crippen LogP contribution in [-0.4, -0.2) is 47.5 Å². The van der Waals surface area contributed by atoms with Crippen LogP contribution in [0.3, 0.4) is 0 Å². The molecule has 8 heteroatoms. The molecule has 1 aliphatic heterocycles. The van der Waals surface area contributed by atoms with Crippen LogP contribution in [0.4, 0.5) is 11.6 Å². The molecule has 160 valence electrons. The van der Waals surface area contributed by atoms with E-state index in [1.165, 1.54) is 0 Å². The molecule has 1 saturated heterocycles. The summed E-state index contributed by atoms with van der Waals surface area (Å²) in [5.74, 6) is 0.854. The molecule has 2 heterocycles. The monoisotopic (exact) mass is 411 g/mol. The number of nitrogens with one attached hydrogen (secondary N) is 2. The highest BCUT2D eigenvalue weighted by molar-refractivity contribution is 5.98. The third-order valence-corrected chi connectivity index (χ3v) is 5.06. The summed E-state index contributed by atoms with van der Waals surface area (Å²) in [5.41, 5.74) is 2.38. The summed E-state index contributed by atoms with van der Waals surface area (Å²) in [4.78, 5) is 36.0. The fourth-order valence-electron chi connectivity index (χ4n) is 3.65. The Balaban J connectivity index is 1.70. The number of para-hydroxylation sites is 2. The number of ether oxygens (including phenoxy) is 1. The van der Waals surface area contributed by atoms with E-state index in [4.69, 9.17) is 4.74 Å². The van der Waals surface area contributed by atoms with Crippen LogP contribution in [0, 0.1) is 19.8 Å². The van der Waals surface area contributed by atoms with E-state index < -0.39 is 6.04 Å². The van der Waals surface area contributed by atoms with Crippen molar-refractivity contribution in [1.29, 1.82) is 0 Å². The third-order valence-electron chi connectivity index (χ3n) is 5.06. The van der Waals surface area contributed by atoms with Crippen LogP contribution < -0.4 is 20.3 Å². The van der Waals surface area contributed by atoms with Crippen LogP contribution in [0.15, 0.2) is 30.3 Å². The normalized spacial score (nSPS) is 17.2. The molecule has 2 aromatic rings. The molecule has 0 bridgehead atoms. The summed E-state index contributed by atoms with van der Waals surface area (Å²) in [7, 11) is 1.58. The number of hydrogen-bond acceptors (Lipinski definition) is 6. The molecule has 2 N–H and O–H groups in total. The van der Waals surface area contributed by atoms with Gasteiger partial charge in [0, 0.05) is 24.4 Å². The van der Waals surface area contributed by atoms with Crippen molar-refractivity contribution < 1.29 is 14.3 Å². The van der Waals surface area contributed by atoms with E-state index in [1.807, 2.05) is 58.0 Å². The maximum atomic E-state index is 13.0. The molecule has 0 aliphatic carbocycles. The number of amides is 2. The van der Waals surface area contributed by atoms with Gasteiger partial charge in [-0.3, -0.25) is 9.59 Å². The summed E-state index contributed by atoms with van der Waals surface area (Å²) in [6, 6.07) is 8.47. The van der Waals surface area contributed by atoms with Crippen LogP contribution in [0.5, 0.6) is 5.75 Å². The van der Waals surface area contributed by atoms with Gasteiger partial charge in [0.1, 0.15) is 11.8 Å². The number of nitrogens with zero attached hydrogens (tertiary/aromatic N) is 3. The number of benzene rings is 1. The predicted molar refractivity (Wildman–Crippen MR) is 116 cm³/mol. The fraction of sp³-hybridized carbons (Fsp3) is 0.455. The van der Waals surface area contributed by atoms with E-state index in [1.54, 1.807) is 12.0 Å². The number of carbonyl (C=O) groups is 2. The first-order chi connectivity index (χ1) is 14.3. The van der Waals surface area contributed by atoms with Gasteiger partial charge in [-0.25, -0.2) is 9.97 Å². The second-order valence-corrected chi connectivity index (χ2v) is 7.93. The molecule has 2 amide bonds. The maximum absolute atomic E-state index is 13.0. The summed E-state index contributed by atoms with van der Waals surface area (Å²) >= 11 is 0. The minimum Gasteiger partial charge on any atom is -0.495 e. The molecule has 2 atom stereocenters. The predicted octanol–water partition coefficient (Wildman–Crippen LogP) is 2.46. The van der Waals surface area contributed by atoms with Crippen molar-refractivity contribution in [3.05, 3.63) is 41.7 Å². The Labute approximate surface area is 177 Å².